The van der Waals surface area contributed by atoms with Crippen LogP contribution in [0.15, 0.2) is 24.3 Å². The van der Waals surface area contributed by atoms with Crippen molar-refractivity contribution in [2.75, 3.05) is 30.3 Å². The van der Waals surface area contributed by atoms with E-state index in [2.05, 4.69) is 40.4 Å². The number of carbonyl (C=O) groups excluding carboxylic acids is 2. The third-order valence-corrected chi connectivity index (χ3v) is 6.35. The van der Waals surface area contributed by atoms with Crippen LogP contribution in [0.25, 0.3) is 0 Å². The highest BCUT2D eigenvalue weighted by Crippen LogP contribution is 2.26. The molecule has 0 bridgehead atoms. The van der Waals surface area contributed by atoms with Crippen molar-refractivity contribution in [3.8, 4) is 0 Å². The number of aryl methyl sites for hydroxylation is 2. The van der Waals surface area contributed by atoms with Crippen molar-refractivity contribution in [3.63, 3.8) is 0 Å². The van der Waals surface area contributed by atoms with Gasteiger partial charge in [0, 0.05) is 17.1 Å². The number of carbonyl (C=O) groups is 2. The molecule has 6 nitrogen and oxygen atoms in total. The summed E-state index contributed by atoms with van der Waals surface area (Å²) in [4.78, 5) is 32.8. The molecular weight excluding hydrogens is 384 g/mol. The number of likely N-dealkylation sites (tertiary alicyclic amines) is 1. The first kappa shape index (κ1) is 21.5. The Labute approximate surface area is 176 Å². The van der Waals surface area contributed by atoms with Gasteiger partial charge in [0.05, 0.1) is 18.2 Å². The topological polar surface area (TPSA) is 74.3 Å². The predicted molar refractivity (Wildman–Crippen MR) is 119 cm³/mol. The van der Waals surface area contributed by atoms with Gasteiger partial charge in [0.25, 0.3) is 0 Å². The van der Waals surface area contributed by atoms with Crippen molar-refractivity contribution >= 4 is 34.0 Å². The van der Waals surface area contributed by atoms with E-state index < -0.39 is 0 Å². The molecule has 1 fully saturated rings. The first-order valence-electron chi connectivity index (χ1n) is 10.2. The second-order valence-electron chi connectivity index (χ2n) is 8.01. The lowest BCUT2D eigenvalue weighted by molar-refractivity contribution is -0.123. The highest BCUT2D eigenvalue weighted by molar-refractivity contribution is 7.15. The summed E-state index contributed by atoms with van der Waals surface area (Å²) < 4.78 is 0. The Morgan fingerprint density at radius 2 is 2.00 bits per heavy atom. The molecule has 1 aromatic heterocycles. The summed E-state index contributed by atoms with van der Waals surface area (Å²) in [5.41, 5.74) is 2.97. The first-order chi connectivity index (χ1) is 13.8. The van der Waals surface area contributed by atoms with Crippen LogP contribution < -0.4 is 10.6 Å². The molecule has 1 aliphatic rings. The Kier molecular flexibility index (Phi) is 7.03. The summed E-state index contributed by atoms with van der Waals surface area (Å²) in [6.45, 7) is 9.88. The zero-order chi connectivity index (χ0) is 21.0. The van der Waals surface area contributed by atoms with Crippen LogP contribution in [0.3, 0.4) is 0 Å². The molecule has 2 N–H and O–H groups in total. The van der Waals surface area contributed by atoms with Crippen LogP contribution in [-0.2, 0) is 9.59 Å². The summed E-state index contributed by atoms with van der Waals surface area (Å²) >= 11 is 1.49. The number of thiazole rings is 1. The summed E-state index contributed by atoms with van der Waals surface area (Å²) in [7, 11) is 0. The molecule has 2 amide bonds. The number of benzene rings is 1. The van der Waals surface area contributed by atoms with Gasteiger partial charge in [0.15, 0.2) is 5.13 Å². The molecule has 1 aromatic carbocycles. The number of nitrogens with one attached hydrogen (secondary N) is 2. The average Bonchev–Trinajstić information content (AvgIpc) is 2.99. The molecule has 7 heteroatoms. The highest BCUT2D eigenvalue weighted by Gasteiger charge is 2.27. The zero-order valence-corrected chi connectivity index (χ0v) is 18.4. The van der Waals surface area contributed by atoms with Gasteiger partial charge in [-0.25, -0.2) is 4.98 Å². The predicted octanol–water partition coefficient (Wildman–Crippen LogP) is 4.17. The number of rotatable bonds is 6. The van der Waals surface area contributed by atoms with Crippen molar-refractivity contribution in [1.82, 2.24) is 9.88 Å². The van der Waals surface area contributed by atoms with Crippen LogP contribution in [0, 0.1) is 19.8 Å². The maximum Gasteiger partial charge on any atom is 0.240 e. The third kappa shape index (κ3) is 5.64. The lowest BCUT2D eigenvalue weighted by atomic mass is 9.96. The summed E-state index contributed by atoms with van der Waals surface area (Å²) in [5, 5.41) is 6.63. The van der Waals surface area contributed by atoms with E-state index >= 15 is 0 Å². The summed E-state index contributed by atoms with van der Waals surface area (Å²) in [6, 6.07) is 7.96. The molecule has 1 aliphatic heterocycles. The molecule has 0 radical (unpaired) electrons. The Morgan fingerprint density at radius 1 is 1.24 bits per heavy atom. The van der Waals surface area contributed by atoms with E-state index in [0.29, 0.717) is 17.6 Å². The molecule has 1 unspecified atom stereocenters. The minimum Gasteiger partial charge on any atom is -0.326 e. The molecule has 156 valence electrons. The van der Waals surface area contributed by atoms with E-state index in [9.17, 15) is 9.59 Å². The number of amides is 2. The van der Waals surface area contributed by atoms with Gasteiger partial charge in [0.1, 0.15) is 0 Å². The Morgan fingerprint density at radius 3 is 2.69 bits per heavy atom. The van der Waals surface area contributed by atoms with Gasteiger partial charge >= 0.3 is 0 Å². The minimum atomic E-state index is -0.110. The van der Waals surface area contributed by atoms with E-state index in [4.69, 9.17) is 0 Å². The molecule has 2 heterocycles. The first-order valence-corrected chi connectivity index (χ1v) is 11.0. The van der Waals surface area contributed by atoms with Crippen LogP contribution >= 0.6 is 11.3 Å². The number of para-hydroxylation sites is 1. The van der Waals surface area contributed by atoms with E-state index in [1.807, 2.05) is 32.0 Å². The fraction of sp³-hybridized carbons (Fsp3) is 0.500. The van der Waals surface area contributed by atoms with Crippen molar-refractivity contribution in [2.24, 2.45) is 5.92 Å². The summed E-state index contributed by atoms with van der Waals surface area (Å²) in [5.74, 6) is 0.191. The molecule has 1 atom stereocenters. The van der Waals surface area contributed by atoms with Crippen LogP contribution in [0.5, 0.6) is 0 Å². The number of anilines is 2. The van der Waals surface area contributed by atoms with Crippen LogP contribution in [-0.4, -0.2) is 41.3 Å². The normalized spacial score (nSPS) is 17.3. The average molecular weight is 415 g/mol. The number of hydrogen-bond acceptors (Lipinski definition) is 5. The molecule has 1 saturated heterocycles. The van der Waals surface area contributed by atoms with E-state index in [-0.39, 0.29) is 24.3 Å². The maximum atomic E-state index is 12.9. The second kappa shape index (κ2) is 9.50. The Balaban J connectivity index is 1.56. The molecular formula is C22H30N4O2S. The molecule has 0 spiro atoms. The minimum absolute atomic E-state index is 0.0365. The quantitative estimate of drug-likeness (QED) is 0.744. The van der Waals surface area contributed by atoms with Crippen molar-refractivity contribution in [3.05, 3.63) is 40.4 Å². The van der Waals surface area contributed by atoms with E-state index in [1.54, 1.807) is 0 Å². The van der Waals surface area contributed by atoms with E-state index in [0.717, 1.165) is 41.2 Å². The van der Waals surface area contributed by atoms with E-state index in [1.165, 1.54) is 11.3 Å². The van der Waals surface area contributed by atoms with Crippen LogP contribution in [0.1, 0.15) is 48.7 Å². The number of piperidine rings is 1. The maximum absolute atomic E-state index is 12.9. The van der Waals surface area contributed by atoms with Crippen molar-refractivity contribution < 1.29 is 9.59 Å². The number of hydrogen-bond donors (Lipinski definition) is 2. The van der Waals surface area contributed by atoms with Gasteiger partial charge in [0.2, 0.25) is 11.8 Å². The van der Waals surface area contributed by atoms with Crippen molar-refractivity contribution in [1.29, 1.82) is 0 Å². The third-order valence-electron chi connectivity index (χ3n) is 5.36. The van der Waals surface area contributed by atoms with Gasteiger partial charge in [-0.3, -0.25) is 14.5 Å². The molecule has 2 aromatic rings. The number of aromatic nitrogens is 1. The monoisotopic (exact) mass is 414 g/mol. The van der Waals surface area contributed by atoms with Crippen LogP contribution in [0.4, 0.5) is 10.8 Å². The Bertz CT molecular complexity index is 858. The van der Waals surface area contributed by atoms with Gasteiger partial charge in [-0.15, -0.1) is 11.3 Å². The molecule has 29 heavy (non-hydrogen) atoms. The fourth-order valence-electron chi connectivity index (χ4n) is 3.65. The largest absolute Gasteiger partial charge is 0.326 e. The SMILES string of the molecule is Cc1nc(NC(=O)CN2CCCC(C(=O)Nc3ccccc3C(C)C)C2)sc1C. The molecule has 3 rings (SSSR count). The lowest BCUT2D eigenvalue weighted by Gasteiger charge is -2.31. The number of nitrogens with zero attached hydrogens (tertiary/aromatic N) is 2. The van der Waals surface area contributed by atoms with Crippen molar-refractivity contribution in [2.45, 2.75) is 46.5 Å². The van der Waals surface area contributed by atoms with Gasteiger partial charge < -0.3 is 10.6 Å². The van der Waals surface area contributed by atoms with Gasteiger partial charge in [-0.05, 0) is 50.8 Å². The molecule has 0 saturated carbocycles. The van der Waals surface area contributed by atoms with Gasteiger partial charge in [-0.1, -0.05) is 32.0 Å². The fourth-order valence-corrected chi connectivity index (χ4v) is 4.48. The highest BCUT2D eigenvalue weighted by atomic mass is 32.1. The zero-order valence-electron chi connectivity index (χ0n) is 17.6. The second-order valence-corrected chi connectivity index (χ2v) is 9.22. The lowest BCUT2D eigenvalue weighted by Crippen LogP contribution is -2.44. The smallest absolute Gasteiger partial charge is 0.240 e. The van der Waals surface area contributed by atoms with Crippen LogP contribution in [0.2, 0.25) is 0 Å². The summed E-state index contributed by atoms with van der Waals surface area (Å²) in [6.07, 6.45) is 1.76. The van der Waals surface area contributed by atoms with Gasteiger partial charge in [-0.2, -0.15) is 0 Å². The standard InChI is InChI=1S/C22H30N4O2S/c1-14(2)18-9-5-6-10-19(18)24-21(28)17-8-7-11-26(12-17)13-20(27)25-22-23-15(3)16(4)29-22/h5-6,9-10,14,17H,7-8,11-13H2,1-4H3,(H,24,28)(H,23,25,27). The Hall–Kier alpha value is -2.25. The molecule has 0 aliphatic carbocycles.